The zero-order valence-electron chi connectivity index (χ0n) is 16.7. The van der Waals surface area contributed by atoms with Crippen molar-refractivity contribution in [3.8, 4) is 0 Å². The Morgan fingerprint density at radius 2 is 1.79 bits per heavy atom. The topological polar surface area (TPSA) is 44.4 Å². The highest BCUT2D eigenvalue weighted by Gasteiger charge is 2.23. The van der Waals surface area contributed by atoms with Crippen LogP contribution in [0.25, 0.3) is 0 Å². The van der Waals surface area contributed by atoms with Crippen LogP contribution in [0.4, 0.5) is 11.4 Å². The number of nitrogens with one attached hydrogen (secondary N) is 2. The third-order valence-electron chi connectivity index (χ3n) is 6.18. The first kappa shape index (κ1) is 19.5. The molecule has 1 aliphatic carbocycles. The summed E-state index contributed by atoms with van der Waals surface area (Å²) in [6.45, 7) is 4.40. The summed E-state index contributed by atoms with van der Waals surface area (Å²) < 4.78 is 0. The lowest BCUT2D eigenvalue weighted by molar-refractivity contribution is -0.119. The Morgan fingerprint density at radius 3 is 2.43 bits per heavy atom. The van der Waals surface area contributed by atoms with Crippen molar-refractivity contribution < 1.29 is 4.79 Å². The molecule has 1 aromatic heterocycles. The van der Waals surface area contributed by atoms with Gasteiger partial charge in [-0.3, -0.25) is 4.79 Å². The summed E-state index contributed by atoms with van der Waals surface area (Å²) in [5.74, 6) is 0.403. The molecular weight excluding hydrogens is 366 g/mol. The van der Waals surface area contributed by atoms with E-state index in [1.165, 1.54) is 23.4 Å². The van der Waals surface area contributed by atoms with E-state index in [-0.39, 0.29) is 11.8 Å². The van der Waals surface area contributed by atoms with Gasteiger partial charge in [0.15, 0.2) is 0 Å². The molecule has 4 rings (SSSR count). The van der Waals surface area contributed by atoms with E-state index in [0.717, 1.165) is 44.5 Å². The van der Waals surface area contributed by atoms with E-state index in [1.54, 1.807) is 0 Å². The third-order valence-corrected chi connectivity index (χ3v) is 7.23. The van der Waals surface area contributed by atoms with Gasteiger partial charge in [0.2, 0.25) is 5.91 Å². The average Bonchev–Trinajstić information content (AvgIpc) is 3.43. The van der Waals surface area contributed by atoms with Gasteiger partial charge in [-0.05, 0) is 68.3 Å². The molecule has 5 heteroatoms. The summed E-state index contributed by atoms with van der Waals surface area (Å²) in [4.78, 5) is 16.2. The first-order valence-electron chi connectivity index (χ1n) is 10.6. The largest absolute Gasteiger partial charge is 0.371 e. The Kier molecular flexibility index (Phi) is 6.33. The molecule has 150 valence electrons. The molecule has 2 N–H and O–H groups in total. The van der Waals surface area contributed by atoms with Crippen LogP contribution in [0.5, 0.6) is 0 Å². The molecule has 1 saturated heterocycles. The molecule has 1 unspecified atom stereocenters. The minimum Gasteiger partial charge on any atom is -0.371 e. The Balaban J connectivity index is 1.25. The maximum absolute atomic E-state index is 12.3. The summed E-state index contributed by atoms with van der Waals surface area (Å²) in [7, 11) is 0. The van der Waals surface area contributed by atoms with Crippen LogP contribution in [0, 0.1) is 5.92 Å². The van der Waals surface area contributed by atoms with Crippen molar-refractivity contribution in [1.29, 1.82) is 0 Å². The number of anilines is 2. The second kappa shape index (κ2) is 9.10. The minimum absolute atomic E-state index is 0.192. The monoisotopic (exact) mass is 397 g/mol. The fourth-order valence-corrected chi connectivity index (χ4v) is 5.21. The molecular formula is C23H31N3OS. The number of hydrogen-bond acceptors (Lipinski definition) is 4. The van der Waals surface area contributed by atoms with Crippen molar-refractivity contribution in [2.24, 2.45) is 5.92 Å². The lowest BCUT2D eigenvalue weighted by atomic mass is 10.0. The minimum atomic E-state index is 0.192. The van der Waals surface area contributed by atoms with Gasteiger partial charge in [-0.25, -0.2) is 0 Å². The van der Waals surface area contributed by atoms with Crippen LogP contribution >= 0.6 is 11.3 Å². The SMILES string of the molecule is CC(NC1CCN(c2ccc(NC(=O)C3CCCC3)cc2)CC1)c1cccs1. The number of amides is 1. The molecule has 1 amide bonds. The van der Waals surface area contributed by atoms with E-state index < -0.39 is 0 Å². The van der Waals surface area contributed by atoms with Crippen molar-refractivity contribution in [3.63, 3.8) is 0 Å². The number of carbonyl (C=O) groups is 1. The van der Waals surface area contributed by atoms with Crippen molar-refractivity contribution in [1.82, 2.24) is 5.32 Å². The normalized spacial score (nSPS) is 19.7. The summed E-state index contributed by atoms with van der Waals surface area (Å²) in [5, 5.41) is 9.03. The maximum Gasteiger partial charge on any atom is 0.227 e. The fraction of sp³-hybridized carbons (Fsp3) is 0.522. The summed E-state index contributed by atoms with van der Waals surface area (Å²) in [6.07, 6.45) is 6.78. The molecule has 2 fully saturated rings. The van der Waals surface area contributed by atoms with Gasteiger partial charge >= 0.3 is 0 Å². The van der Waals surface area contributed by atoms with Crippen LogP contribution in [-0.2, 0) is 4.79 Å². The van der Waals surface area contributed by atoms with Gasteiger partial charge < -0.3 is 15.5 Å². The predicted molar refractivity (Wildman–Crippen MR) is 118 cm³/mol. The Labute approximate surface area is 172 Å². The molecule has 2 aliphatic rings. The first-order valence-corrected chi connectivity index (χ1v) is 11.5. The van der Waals surface area contributed by atoms with Crippen molar-refractivity contribution in [2.75, 3.05) is 23.3 Å². The molecule has 2 aromatic rings. The number of hydrogen-bond donors (Lipinski definition) is 2. The molecule has 1 aliphatic heterocycles. The van der Waals surface area contributed by atoms with E-state index in [4.69, 9.17) is 0 Å². The van der Waals surface area contributed by atoms with Gasteiger partial charge in [-0.1, -0.05) is 18.9 Å². The molecule has 2 heterocycles. The third kappa shape index (κ3) is 4.76. The van der Waals surface area contributed by atoms with Crippen molar-refractivity contribution >= 4 is 28.6 Å². The van der Waals surface area contributed by atoms with Gasteiger partial charge in [0.1, 0.15) is 0 Å². The molecule has 0 spiro atoms. The van der Waals surface area contributed by atoms with Crippen LogP contribution in [0.2, 0.25) is 0 Å². The van der Waals surface area contributed by atoms with Gasteiger partial charge in [-0.15, -0.1) is 11.3 Å². The lowest BCUT2D eigenvalue weighted by Gasteiger charge is -2.35. The van der Waals surface area contributed by atoms with Crippen LogP contribution in [-0.4, -0.2) is 25.0 Å². The van der Waals surface area contributed by atoms with E-state index in [9.17, 15) is 4.79 Å². The van der Waals surface area contributed by atoms with E-state index in [1.807, 2.05) is 23.5 Å². The highest BCUT2D eigenvalue weighted by Crippen LogP contribution is 2.27. The number of nitrogens with zero attached hydrogens (tertiary/aromatic N) is 1. The van der Waals surface area contributed by atoms with Crippen molar-refractivity contribution in [3.05, 3.63) is 46.7 Å². The van der Waals surface area contributed by atoms with Gasteiger partial charge in [0.05, 0.1) is 0 Å². The molecule has 1 aromatic carbocycles. The zero-order chi connectivity index (χ0) is 19.3. The molecule has 1 atom stereocenters. The van der Waals surface area contributed by atoms with Crippen LogP contribution < -0.4 is 15.5 Å². The quantitative estimate of drug-likeness (QED) is 0.704. The molecule has 0 radical (unpaired) electrons. The van der Waals surface area contributed by atoms with E-state index in [0.29, 0.717) is 12.1 Å². The molecule has 4 nitrogen and oxygen atoms in total. The molecule has 0 bridgehead atoms. The Morgan fingerprint density at radius 1 is 1.07 bits per heavy atom. The zero-order valence-corrected chi connectivity index (χ0v) is 17.5. The lowest BCUT2D eigenvalue weighted by Crippen LogP contribution is -2.43. The highest BCUT2D eigenvalue weighted by atomic mass is 32.1. The summed E-state index contributed by atoms with van der Waals surface area (Å²) in [5.41, 5.74) is 2.17. The summed E-state index contributed by atoms with van der Waals surface area (Å²) in [6, 6.07) is 13.7. The Bertz CT molecular complexity index is 745. The van der Waals surface area contributed by atoms with Crippen LogP contribution in [0.3, 0.4) is 0 Å². The number of carbonyl (C=O) groups excluding carboxylic acids is 1. The van der Waals surface area contributed by atoms with Crippen molar-refractivity contribution in [2.45, 2.75) is 57.5 Å². The number of piperidine rings is 1. The molecule has 1 saturated carbocycles. The highest BCUT2D eigenvalue weighted by molar-refractivity contribution is 7.10. The van der Waals surface area contributed by atoms with E-state index in [2.05, 4.69) is 52.1 Å². The second-order valence-corrected chi connectivity index (χ2v) is 9.16. The van der Waals surface area contributed by atoms with Gasteiger partial charge in [0.25, 0.3) is 0 Å². The van der Waals surface area contributed by atoms with Gasteiger partial charge in [0, 0.05) is 47.3 Å². The summed E-state index contributed by atoms with van der Waals surface area (Å²) >= 11 is 1.83. The van der Waals surface area contributed by atoms with Crippen LogP contribution in [0.1, 0.15) is 56.4 Å². The number of rotatable bonds is 6. The predicted octanol–water partition coefficient (Wildman–Crippen LogP) is 5.20. The van der Waals surface area contributed by atoms with Gasteiger partial charge in [-0.2, -0.15) is 0 Å². The second-order valence-electron chi connectivity index (χ2n) is 8.18. The Hall–Kier alpha value is -1.85. The number of thiophene rings is 1. The fourth-order valence-electron chi connectivity index (χ4n) is 4.47. The molecule has 28 heavy (non-hydrogen) atoms. The van der Waals surface area contributed by atoms with Crippen LogP contribution in [0.15, 0.2) is 41.8 Å². The standard InChI is InChI=1S/C23H31N3OS/c1-17(22-7-4-16-28-22)24-20-12-14-26(15-13-20)21-10-8-19(9-11-21)25-23(27)18-5-2-3-6-18/h4,7-11,16-18,20,24H,2-3,5-6,12-15H2,1H3,(H,25,27). The first-order chi connectivity index (χ1) is 13.7. The van der Waals surface area contributed by atoms with E-state index >= 15 is 0 Å². The number of benzene rings is 1. The maximum atomic E-state index is 12.3. The average molecular weight is 398 g/mol. The smallest absolute Gasteiger partial charge is 0.227 e.